The second-order valence-electron chi connectivity index (χ2n) is 5.36. The van der Waals surface area contributed by atoms with Crippen molar-refractivity contribution < 1.29 is 4.79 Å². The molecule has 0 aliphatic rings. The van der Waals surface area contributed by atoms with Crippen LogP contribution in [0.4, 0.5) is 0 Å². The summed E-state index contributed by atoms with van der Waals surface area (Å²) in [6.45, 7) is 2.68. The zero-order chi connectivity index (χ0) is 15.2. The monoisotopic (exact) mass is 301 g/mol. The molecule has 0 spiro atoms. The summed E-state index contributed by atoms with van der Waals surface area (Å²) in [5, 5.41) is 0.715. The van der Waals surface area contributed by atoms with Gasteiger partial charge in [0.1, 0.15) is 0 Å². The standard InChI is InChI=1S/C18H20ClNO/c1-14-3-5-15(6-4-14)9-12-18(21)20(2)13-16-7-10-17(19)11-8-16/h3-8,10-11H,9,12-13H2,1-2H3. The van der Waals surface area contributed by atoms with E-state index in [4.69, 9.17) is 11.6 Å². The summed E-state index contributed by atoms with van der Waals surface area (Å²) < 4.78 is 0. The van der Waals surface area contributed by atoms with Gasteiger partial charge in [-0.25, -0.2) is 0 Å². The van der Waals surface area contributed by atoms with E-state index in [0.29, 0.717) is 18.0 Å². The lowest BCUT2D eigenvalue weighted by atomic mass is 10.1. The van der Waals surface area contributed by atoms with E-state index in [1.807, 2.05) is 31.3 Å². The van der Waals surface area contributed by atoms with Gasteiger partial charge in [-0.15, -0.1) is 0 Å². The molecule has 2 aromatic rings. The number of rotatable bonds is 5. The Hall–Kier alpha value is -1.80. The second kappa shape index (κ2) is 7.28. The molecule has 2 aromatic carbocycles. The Morgan fingerprint density at radius 3 is 2.19 bits per heavy atom. The minimum absolute atomic E-state index is 0.158. The average molecular weight is 302 g/mol. The fraction of sp³-hybridized carbons (Fsp3) is 0.278. The number of amides is 1. The lowest BCUT2D eigenvalue weighted by Crippen LogP contribution is -2.26. The SMILES string of the molecule is Cc1ccc(CCC(=O)N(C)Cc2ccc(Cl)cc2)cc1. The largest absolute Gasteiger partial charge is 0.341 e. The summed E-state index contributed by atoms with van der Waals surface area (Å²) in [4.78, 5) is 13.9. The van der Waals surface area contributed by atoms with Gasteiger partial charge < -0.3 is 4.90 Å². The normalized spacial score (nSPS) is 10.4. The van der Waals surface area contributed by atoms with Gasteiger partial charge in [0.15, 0.2) is 0 Å². The number of carbonyl (C=O) groups is 1. The number of aryl methyl sites for hydroxylation is 2. The minimum Gasteiger partial charge on any atom is -0.341 e. The number of hydrogen-bond acceptors (Lipinski definition) is 1. The van der Waals surface area contributed by atoms with E-state index >= 15 is 0 Å². The van der Waals surface area contributed by atoms with Crippen LogP contribution in [0.1, 0.15) is 23.1 Å². The van der Waals surface area contributed by atoms with Crippen molar-refractivity contribution in [1.82, 2.24) is 4.90 Å². The third-order valence-electron chi connectivity index (χ3n) is 3.51. The van der Waals surface area contributed by atoms with Crippen LogP contribution in [0.15, 0.2) is 48.5 Å². The molecule has 1 amide bonds. The van der Waals surface area contributed by atoms with Crippen molar-refractivity contribution in [2.75, 3.05) is 7.05 Å². The number of halogens is 1. The van der Waals surface area contributed by atoms with Crippen LogP contribution in [0, 0.1) is 6.92 Å². The molecule has 0 aliphatic heterocycles. The van der Waals surface area contributed by atoms with Gasteiger partial charge in [0.05, 0.1) is 0 Å². The van der Waals surface area contributed by atoms with E-state index in [1.54, 1.807) is 4.90 Å². The molecular formula is C18H20ClNO. The molecule has 3 heteroatoms. The highest BCUT2D eigenvalue weighted by atomic mass is 35.5. The Labute approximate surface area is 131 Å². The van der Waals surface area contributed by atoms with Crippen LogP contribution in [-0.4, -0.2) is 17.9 Å². The zero-order valence-corrected chi connectivity index (χ0v) is 13.2. The smallest absolute Gasteiger partial charge is 0.222 e. The molecule has 0 N–H and O–H groups in total. The van der Waals surface area contributed by atoms with Gasteiger partial charge in [-0.2, -0.15) is 0 Å². The lowest BCUT2D eigenvalue weighted by molar-refractivity contribution is -0.130. The van der Waals surface area contributed by atoms with Crippen LogP contribution in [0.5, 0.6) is 0 Å². The van der Waals surface area contributed by atoms with Crippen LogP contribution in [0.3, 0.4) is 0 Å². The van der Waals surface area contributed by atoms with Gasteiger partial charge >= 0.3 is 0 Å². The molecule has 0 bridgehead atoms. The summed E-state index contributed by atoms with van der Waals surface area (Å²) >= 11 is 5.86. The quantitative estimate of drug-likeness (QED) is 0.809. The molecular weight excluding hydrogens is 282 g/mol. The Morgan fingerprint density at radius 1 is 1.00 bits per heavy atom. The highest BCUT2D eigenvalue weighted by Crippen LogP contribution is 2.12. The summed E-state index contributed by atoms with van der Waals surface area (Å²) in [5.74, 6) is 0.158. The minimum atomic E-state index is 0.158. The van der Waals surface area contributed by atoms with Crippen LogP contribution in [0.25, 0.3) is 0 Å². The Bertz CT molecular complexity index is 590. The van der Waals surface area contributed by atoms with Crippen molar-refractivity contribution in [3.63, 3.8) is 0 Å². The third-order valence-corrected chi connectivity index (χ3v) is 3.76. The highest BCUT2D eigenvalue weighted by molar-refractivity contribution is 6.30. The van der Waals surface area contributed by atoms with Crippen LogP contribution in [0.2, 0.25) is 5.02 Å². The first kappa shape index (κ1) is 15.6. The summed E-state index contributed by atoms with van der Waals surface area (Å²) in [7, 11) is 1.84. The first-order chi connectivity index (χ1) is 10.0. The first-order valence-electron chi connectivity index (χ1n) is 7.08. The number of benzene rings is 2. The Kier molecular flexibility index (Phi) is 5.40. The number of hydrogen-bond donors (Lipinski definition) is 0. The average Bonchev–Trinajstić information content (AvgIpc) is 2.48. The molecule has 0 aromatic heterocycles. The van der Waals surface area contributed by atoms with E-state index in [9.17, 15) is 4.79 Å². The molecule has 0 fully saturated rings. The number of nitrogens with zero attached hydrogens (tertiary/aromatic N) is 1. The van der Waals surface area contributed by atoms with Gasteiger partial charge in [-0.3, -0.25) is 4.79 Å². The van der Waals surface area contributed by atoms with E-state index in [-0.39, 0.29) is 5.91 Å². The fourth-order valence-electron chi connectivity index (χ4n) is 2.15. The molecule has 0 radical (unpaired) electrons. The first-order valence-corrected chi connectivity index (χ1v) is 7.46. The zero-order valence-electron chi connectivity index (χ0n) is 12.5. The Balaban J connectivity index is 1.84. The van der Waals surface area contributed by atoms with Gasteiger partial charge in [0.2, 0.25) is 5.91 Å². The predicted molar refractivity (Wildman–Crippen MR) is 87.4 cm³/mol. The van der Waals surface area contributed by atoms with E-state index in [0.717, 1.165) is 12.0 Å². The molecule has 0 aliphatic carbocycles. The lowest BCUT2D eigenvalue weighted by Gasteiger charge is -2.17. The molecule has 0 saturated carbocycles. The molecule has 21 heavy (non-hydrogen) atoms. The number of carbonyl (C=O) groups excluding carboxylic acids is 1. The van der Waals surface area contributed by atoms with E-state index in [2.05, 4.69) is 31.2 Å². The molecule has 2 nitrogen and oxygen atoms in total. The molecule has 0 heterocycles. The summed E-state index contributed by atoms with van der Waals surface area (Å²) in [6, 6.07) is 15.9. The molecule has 110 valence electrons. The maximum absolute atomic E-state index is 12.2. The predicted octanol–water partition coefficient (Wildman–Crippen LogP) is 4.24. The maximum atomic E-state index is 12.2. The Morgan fingerprint density at radius 2 is 1.57 bits per heavy atom. The van der Waals surface area contributed by atoms with Crippen molar-refractivity contribution in [2.24, 2.45) is 0 Å². The van der Waals surface area contributed by atoms with E-state index in [1.165, 1.54) is 11.1 Å². The summed E-state index contributed by atoms with van der Waals surface area (Å²) in [5.41, 5.74) is 3.53. The fourth-order valence-corrected chi connectivity index (χ4v) is 2.27. The molecule has 0 unspecified atom stereocenters. The second-order valence-corrected chi connectivity index (χ2v) is 5.80. The van der Waals surface area contributed by atoms with Crippen LogP contribution in [-0.2, 0) is 17.8 Å². The van der Waals surface area contributed by atoms with Crippen molar-refractivity contribution >= 4 is 17.5 Å². The molecule has 0 atom stereocenters. The molecule has 2 rings (SSSR count). The van der Waals surface area contributed by atoms with Crippen molar-refractivity contribution in [3.05, 3.63) is 70.2 Å². The maximum Gasteiger partial charge on any atom is 0.222 e. The van der Waals surface area contributed by atoms with Gasteiger partial charge in [-0.05, 0) is 36.6 Å². The van der Waals surface area contributed by atoms with Crippen molar-refractivity contribution in [1.29, 1.82) is 0 Å². The molecule has 0 saturated heterocycles. The topological polar surface area (TPSA) is 20.3 Å². The van der Waals surface area contributed by atoms with Crippen molar-refractivity contribution in [2.45, 2.75) is 26.3 Å². The van der Waals surface area contributed by atoms with Crippen molar-refractivity contribution in [3.8, 4) is 0 Å². The van der Waals surface area contributed by atoms with Gasteiger partial charge in [0, 0.05) is 25.0 Å². The van der Waals surface area contributed by atoms with Gasteiger partial charge in [-0.1, -0.05) is 53.6 Å². The highest BCUT2D eigenvalue weighted by Gasteiger charge is 2.09. The third kappa shape index (κ3) is 4.91. The van der Waals surface area contributed by atoms with Crippen LogP contribution >= 0.6 is 11.6 Å². The van der Waals surface area contributed by atoms with E-state index < -0.39 is 0 Å². The summed E-state index contributed by atoms with van der Waals surface area (Å²) in [6.07, 6.45) is 1.32. The van der Waals surface area contributed by atoms with Crippen LogP contribution < -0.4 is 0 Å². The van der Waals surface area contributed by atoms with Gasteiger partial charge in [0.25, 0.3) is 0 Å².